The van der Waals surface area contributed by atoms with E-state index in [9.17, 15) is 9.00 Å². The molecule has 0 amide bonds. The number of nitrogens with one attached hydrogen (secondary N) is 1. The van der Waals surface area contributed by atoms with Gasteiger partial charge in [0.25, 0.3) is 0 Å². The van der Waals surface area contributed by atoms with Crippen LogP contribution in [0.25, 0.3) is 0 Å². The second-order valence-electron chi connectivity index (χ2n) is 5.93. The Bertz CT molecular complexity index is 525. The fourth-order valence-corrected chi connectivity index (χ4v) is 4.14. The van der Waals surface area contributed by atoms with Crippen molar-refractivity contribution in [1.29, 1.82) is 0 Å². The van der Waals surface area contributed by atoms with Gasteiger partial charge in [-0.05, 0) is 56.6 Å². The Kier molecular flexibility index (Phi) is 6.58. The van der Waals surface area contributed by atoms with Crippen LogP contribution in [-0.4, -0.2) is 21.5 Å². The quantitative estimate of drug-likeness (QED) is 0.746. The van der Waals surface area contributed by atoms with Crippen molar-refractivity contribution in [3.63, 3.8) is 0 Å². The summed E-state index contributed by atoms with van der Waals surface area (Å²) < 4.78 is 21.1. The van der Waals surface area contributed by atoms with E-state index < -0.39 is 21.3 Å². The zero-order chi connectivity index (χ0) is 16.3. The molecule has 0 aliphatic carbocycles. The Morgan fingerprint density at radius 1 is 1.43 bits per heavy atom. The van der Waals surface area contributed by atoms with E-state index in [0.29, 0.717) is 6.61 Å². The van der Waals surface area contributed by atoms with Gasteiger partial charge >= 0.3 is 5.97 Å². The molecule has 1 N–H and O–H groups in total. The molecule has 0 fully saturated rings. The zero-order valence-corrected chi connectivity index (χ0v) is 16.2. The molecule has 0 bridgehead atoms. The third-order valence-electron chi connectivity index (χ3n) is 2.79. The van der Waals surface area contributed by atoms with Gasteiger partial charge < -0.3 is 4.74 Å². The molecule has 0 unspecified atom stereocenters. The normalized spacial score (nSPS) is 16.3. The standard InChI is InChI=1S/C14H22BrNO3S2/c1-6-19-12(17)8-14(5,11-7-10(15)9-20-11)16-21(18)13(2,3)4/h7,9,16H,6,8H2,1-5H3/t14-,21+/m0/s1. The maximum absolute atomic E-state index is 12.4. The minimum atomic E-state index is -1.28. The number of thiophene rings is 1. The highest BCUT2D eigenvalue weighted by atomic mass is 79.9. The molecule has 1 aromatic heterocycles. The number of esters is 1. The minimum Gasteiger partial charge on any atom is -0.466 e. The smallest absolute Gasteiger partial charge is 0.308 e. The second kappa shape index (κ2) is 7.35. The summed E-state index contributed by atoms with van der Waals surface area (Å²) in [5.41, 5.74) is -0.721. The molecule has 1 aromatic rings. The number of halogens is 1. The summed E-state index contributed by atoms with van der Waals surface area (Å²) in [6.07, 6.45) is 0.135. The molecule has 0 saturated carbocycles. The third kappa shape index (κ3) is 5.47. The number of rotatable bonds is 6. The minimum absolute atomic E-state index is 0.135. The molecule has 0 saturated heterocycles. The van der Waals surface area contributed by atoms with E-state index in [1.807, 2.05) is 39.1 Å². The summed E-state index contributed by atoms with van der Waals surface area (Å²) in [5.74, 6) is -0.303. The second-order valence-corrected chi connectivity index (χ2v) is 9.72. The first-order valence-corrected chi connectivity index (χ1v) is 9.50. The summed E-state index contributed by atoms with van der Waals surface area (Å²) in [5, 5.41) is 1.94. The highest BCUT2D eigenvalue weighted by Gasteiger charge is 2.36. The summed E-state index contributed by atoms with van der Waals surface area (Å²) in [4.78, 5) is 12.8. The predicted octanol–water partition coefficient (Wildman–Crippen LogP) is 3.73. The molecule has 0 aliphatic heterocycles. The van der Waals surface area contributed by atoms with Crippen LogP contribution in [0.3, 0.4) is 0 Å². The van der Waals surface area contributed by atoms with Gasteiger partial charge in [0.15, 0.2) is 0 Å². The van der Waals surface area contributed by atoms with Gasteiger partial charge in [0.05, 0.1) is 34.3 Å². The Morgan fingerprint density at radius 3 is 2.48 bits per heavy atom. The monoisotopic (exact) mass is 395 g/mol. The number of carbonyl (C=O) groups excluding carboxylic acids is 1. The van der Waals surface area contributed by atoms with Crippen LogP contribution in [-0.2, 0) is 26.1 Å². The molecule has 4 nitrogen and oxygen atoms in total. The first kappa shape index (κ1) is 18.8. The van der Waals surface area contributed by atoms with Gasteiger partial charge in [0.2, 0.25) is 0 Å². The van der Waals surface area contributed by atoms with E-state index in [-0.39, 0.29) is 12.4 Å². The Balaban J connectivity index is 3.05. The molecule has 7 heteroatoms. The third-order valence-corrected chi connectivity index (χ3v) is 6.49. The SMILES string of the molecule is CCOC(=O)C[C@](C)(N[S@](=O)C(C)(C)C)c1cc(Br)cs1. The van der Waals surface area contributed by atoms with Crippen LogP contribution in [0.15, 0.2) is 15.9 Å². The van der Waals surface area contributed by atoms with Crippen LogP contribution >= 0.6 is 27.3 Å². The van der Waals surface area contributed by atoms with E-state index in [2.05, 4.69) is 20.7 Å². The van der Waals surface area contributed by atoms with E-state index in [1.165, 1.54) is 11.3 Å². The van der Waals surface area contributed by atoms with Crippen molar-refractivity contribution < 1.29 is 13.7 Å². The van der Waals surface area contributed by atoms with Gasteiger partial charge in [-0.1, -0.05) is 0 Å². The van der Waals surface area contributed by atoms with Crippen molar-refractivity contribution in [2.75, 3.05) is 6.61 Å². The van der Waals surface area contributed by atoms with Crippen LogP contribution in [0.5, 0.6) is 0 Å². The van der Waals surface area contributed by atoms with Gasteiger partial charge in [0, 0.05) is 14.7 Å². The summed E-state index contributed by atoms with van der Waals surface area (Å²) in [6.45, 7) is 9.68. The topological polar surface area (TPSA) is 55.4 Å². The predicted molar refractivity (Wildman–Crippen MR) is 91.7 cm³/mol. The number of carbonyl (C=O) groups is 1. The molecule has 1 heterocycles. The fraction of sp³-hybridized carbons (Fsp3) is 0.643. The lowest BCUT2D eigenvalue weighted by Crippen LogP contribution is -2.47. The number of hydrogen-bond donors (Lipinski definition) is 1. The van der Waals surface area contributed by atoms with Crippen molar-refractivity contribution in [2.24, 2.45) is 0 Å². The van der Waals surface area contributed by atoms with E-state index >= 15 is 0 Å². The molecule has 0 radical (unpaired) electrons. The number of hydrogen-bond acceptors (Lipinski definition) is 4. The van der Waals surface area contributed by atoms with E-state index in [1.54, 1.807) is 6.92 Å². The van der Waals surface area contributed by atoms with Crippen molar-refractivity contribution in [3.05, 3.63) is 20.8 Å². The van der Waals surface area contributed by atoms with Crippen molar-refractivity contribution in [1.82, 2.24) is 4.72 Å². The lowest BCUT2D eigenvalue weighted by atomic mass is 9.97. The largest absolute Gasteiger partial charge is 0.466 e. The molecule has 0 aromatic carbocycles. The van der Waals surface area contributed by atoms with Crippen molar-refractivity contribution in [2.45, 2.75) is 51.3 Å². The fourth-order valence-electron chi connectivity index (χ4n) is 1.63. The highest BCUT2D eigenvalue weighted by Crippen LogP contribution is 2.34. The molecular formula is C14H22BrNO3S2. The van der Waals surface area contributed by atoms with Gasteiger partial charge in [-0.25, -0.2) is 8.93 Å². The van der Waals surface area contributed by atoms with Gasteiger partial charge in [-0.2, -0.15) is 0 Å². The summed E-state index contributed by atoms with van der Waals surface area (Å²) in [7, 11) is -1.28. The molecule has 0 spiro atoms. The molecule has 2 atom stereocenters. The lowest BCUT2D eigenvalue weighted by Gasteiger charge is -2.31. The van der Waals surface area contributed by atoms with Crippen molar-refractivity contribution in [3.8, 4) is 0 Å². The van der Waals surface area contributed by atoms with Crippen LogP contribution in [0.1, 0.15) is 45.9 Å². The van der Waals surface area contributed by atoms with Crippen LogP contribution in [0.4, 0.5) is 0 Å². The first-order chi connectivity index (χ1) is 9.58. The molecule has 0 aliphatic rings. The first-order valence-electron chi connectivity index (χ1n) is 6.68. The van der Waals surface area contributed by atoms with Crippen molar-refractivity contribution >= 4 is 44.2 Å². The average molecular weight is 396 g/mol. The molecule has 1 rings (SSSR count). The van der Waals surface area contributed by atoms with Gasteiger partial charge in [0.1, 0.15) is 0 Å². The van der Waals surface area contributed by atoms with E-state index in [4.69, 9.17) is 4.74 Å². The van der Waals surface area contributed by atoms with Gasteiger partial charge in [-0.3, -0.25) is 4.79 Å². The Labute approximate surface area is 141 Å². The highest BCUT2D eigenvalue weighted by molar-refractivity contribution is 9.10. The van der Waals surface area contributed by atoms with Gasteiger partial charge in [-0.15, -0.1) is 11.3 Å². The van der Waals surface area contributed by atoms with E-state index in [0.717, 1.165) is 9.35 Å². The van der Waals surface area contributed by atoms with Crippen LogP contribution in [0, 0.1) is 0 Å². The maximum Gasteiger partial charge on any atom is 0.308 e. The zero-order valence-electron chi connectivity index (χ0n) is 13.0. The molecule has 120 valence electrons. The molecular weight excluding hydrogens is 374 g/mol. The average Bonchev–Trinajstić information content (AvgIpc) is 2.75. The van der Waals surface area contributed by atoms with Crippen LogP contribution < -0.4 is 4.72 Å². The molecule has 21 heavy (non-hydrogen) atoms. The Hall–Kier alpha value is -0.240. The Morgan fingerprint density at radius 2 is 2.05 bits per heavy atom. The number of ether oxygens (including phenoxy) is 1. The van der Waals surface area contributed by atoms with Crippen LogP contribution in [0.2, 0.25) is 0 Å². The summed E-state index contributed by atoms with van der Waals surface area (Å²) in [6, 6.07) is 1.94. The summed E-state index contributed by atoms with van der Waals surface area (Å²) >= 11 is 4.94. The lowest BCUT2D eigenvalue weighted by molar-refractivity contribution is -0.144. The maximum atomic E-state index is 12.4.